The molecule has 0 aliphatic carbocycles. The Bertz CT molecular complexity index is 2040. The average molecular weight is 663 g/mol. The molecule has 2 aromatic heterocycles. The molecule has 10 heteroatoms. The fourth-order valence-corrected chi connectivity index (χ4v) is 5.41. The minimum atomic E-state index is -0.339. The normalized spacial score (nSPS) is 11.5. The Labute approximate surface area is 259 Å². The molecule has 0 aliphatic heterocycles. The van der Waals surface area contributed by atoms with Crippen LogP contribution >= 0.6 is 39.1 Å². The summed E-state index contributed by atoms with van der Waals surface area (Å²) in [7, 11) is 0. The Balaban J connectivity index is 1.41. The molecule has 2 heterocycles. The van der Waals surface area contributed by atoms with Crippen LogP contribution in [0.3, 0.4) is 0 Å². The maximum Gasteiger partial charge on any atom is 0.282 e. The molecule has 6 aromatic rings. The number of furan rings is 1. The summed E-state index contributed by atoms with van der Waals surface area (Å²) in [6.45, 7) is 2.57. The van der Waals surface area contributed by atoms with Crippen LogP contribution in [0.4, 0.5) is 0 Å². The van der Waals surface area contributed by atoms with Gasteiger partial charge in [0.2, 0.25) is 5.82 Å². The van der Waals surface area contributed by atoms with Crippen LogP contribution in [0.1, 0.15) is 18.1 Å². The number of benzene rings is 4. The van der Waals surface area contributed by atoms with E-state index in [1.807, 2.05) is 43.3 Å². The summed E-state index contributed by atoms with van der Waals surface area (Å²) < 4.78 is 19.9. The SMILES string of the molecule is CCOc1cc(C=Nn2c(-c3cc4cc(Cl)ccc4o3)nc3ccccc3c2=O)cc(Br)c1OCc1ccccc1Cl. The molecule has 0 aliphatic rings. The fourth-order valence-electron chi connectivity index (χ4n) is 4.47. The molecule has 0 spiro atoms. The number of fused-ring (bicyclic) bond motifs is 2. The quantitative estimate of drug-likeness (QED) is 0.152. The second-order valence-corrected chi connectivity index (χ2v) is 10.9. The maximum absolute atomic E-state index is 13.6. The van der Waals surface area contributed by atoms with E-state index in [1.165, 1.54) is 4.68 Å². The lowest BCUT2D eigenvalue weighted by atomic mass is 10.2. The number of aromatic nitrogens is 2. The van der Waals surface area contributed by atoms with Crippen molar-refractivity contribution < 1.29 is 13.9 Å². The van der Waals surface area contributed by atoms with Crippen LogP contribution in [0.2, 0.25) is 10.0 Å². The van der Waals surface area contributed by atoms with Crippen molar-refractivity contribution in [2.24, 2.45) is 5.10 Å². The van der Waals surface area contributed by atoms with Crippen LogP contribution in [0.25, 0.3) is 33.5 Å². The molecule has 0 amide bonds. The second-order valence-electron chi connectivity index (χ2n) is 9.25. The van der Waals surface area contributed by atoms with E-state index < -0.39 is 0 Å². The van der Waals surface area contributed by atoms with Crippen molar-refractivity contribution in [3.05, 3.63) is 121 Å². The van der Waals surface area contributed by atoms with Crippen LogP contribution in [0.5, 0.6) is 11.5 Å². The van der Waals surface area contributed by atoms with Gasteiger partial charge in [-0.1, -0.05) is 53.5 Å². The average Bonchev–Trinajstić information content (AvgIpc) is 3.40. The van der Waals surface area contributed by atoms with Gasteiger partial charge in [-0.3, -0.25) is 4.79 Å². The lowest BCUT2D eigenvalue weighted by molar-refractivity contribution is 0.267. The number of nitrogens with zero attached hydrogens (tertiary/aromatic N) is 3. The number of rotatable bonds is 8. The first-order valence-corrected chi connectivity index (χ1v) is 14.5. The number of halogens is 3. The van der Waals surface area contributed by atoms with E-state index in [0.29, 0.717) is 60.4 Å². The van der Waals surface area contributed by atoms with Gasteiger partial charge in [0.15, 0.2) is 17.3 Å². The predicted octanol–water partition coefficient (Wildman–Crippen LogP) is 8.74. The molecule has 0 radical (unpaired) electrons. The number of ether oxygens (including phenoxy) is 2. The molecule has 6 rings (SSSR count). The van der Waals surface area contributed by atoms with Crippen molar-refractivity contribution in [3.8, 4) is 23.1 Å². The number of hydrogen-bond acceptors (Lipinski definition) is 6. The molecule has 0 saturated heterocycles. The van der Waals surface area contributed by atoms with E-state index in [0.717, 1.165) is 10.9 Å². The van der Waals surface area contributed by atoms with Gasteiger partial charge in [0, 0.05) is 21.0 Å². The third-order valence-electron chi connectivity index (χ3n) is 6.44. The van der Waals surface area contributed by atoms with Crippen LogP contribution in [0.15, 0.2) is 104 Å². The summed E-state index contributed by atoms with van der Waals surface area (Å²) in [5, 5.41) is 6.97. The highest BCUT2D eigenvalue weighted by Crippen LogP contribution is 2.37. The lowest BCUT2D eigenvalue weighted by Gasteiger charge is -2.15. The maximum atomic E-state index is 13.6. The Morgan fingerprint density at radius 1 is 1.00 bits per heavy atom. The zero-order chi connectivity index (χ0) is 29.2. The van der Waals surface area contributed by atoms with E-state index >= 15 is 0 Å². The molecule has 0 fully saturated rings. The van der Waals surface area contributed by atoms with Gasteiger partial charge in [0.25, 0.3) is 5.56 Å². The monoisotopic (exact) mass is 661 g/mol. The third-order valence-corrected chi connectivity index (χ3v) is 7.63. The summed E-state index contributed by atoms with van der Waals surface area (Å²) in [5.74, 6) is 1.68. The van der Waals surface area contributed by atoms with E-state index in [4.69, 9.17) is 42.1 Å². The molecular formula is C32H22BrCl2N3O4. The number of hydrogen-bond donors (Lipinski definition) is 0. The van der Waals surface area contributed by atoms with Gasteiger partial charge in [-0.05, 0) is 83.0 Å². The van der Waals surface area contributed by atoms with E-state index in [1.54, 1.807) is 54.7 Å². The van der Waals surface area contributed by atoms with Gasteiger partial charge < -0.3 is 13.9 Å². The van der Waals surface area contributed by atoms with E-state index in [2.05, 4.69) is 21.0 Å². The Morgan fingerprint density at radius 3 is 2.64 bits per heavy atom. The highest BCUT2D eigenvalue weighted by atomic mass is 79.9. The first kappa shape index (κ1) is 28.0. The Morgan fingerprint density at radius 2 is 1.81 bits per heavy atom. The summed E-state index contributed by atoms with van der Waals surface area (Å²) in [5.41, 5.74) is 2.32. The van der Waals surface area contributed by atoms with Gasteiger partial charge >= 0.3 is 0 Å². The molecule has 0 unspecified atom stereocenters. The topological polar surface area (TPSA) is 78.9 Å². The highest BCUT2D eigenvalue weighted by molar-refractivity contribution is 9.10. The van der Waals surface area contributed by atoms with Crippen molar-refractivity contribution in [3.63, 3.8) is 0 Å². The molecule has 0 N–H and O–H groups in total. The molecule has 42 heavy (non-hydrogen) atoms. The van der Waals surface area contributed by atoms with Crippen LogP contribution in [0, 0.1) is 0 Å². The van der Waals surface area contributed by atoms with Crippen molar-refractivity contribution in [2.45, 2.75) is 13.5 Å². The van der Waals surface area contributed by atoms with E-state index in [9.17, 15) is 4.79 Å². The van der Waals surface area contributed by atoms with Crippen LogP contribution in [-0.4, -0.2) is 22.5 Å². The zero-order valence-corrected chi connectivity index (χ0v) is 25.3. The smallest absolute Gasteiger partial charge is 0.282 e. The molecule has 4 aromatic carbocycles. The van der Waals surface area contributed by atoms with Crippen LogP contribution < -0.4 is 15.0 Å². The van der Waals surface area contributed by atoms with Crippen molar-refractivity contribution in [1.29, 1.82) is 0 Å². The largest absolute Gasteiger partial charge is 0.490 e. The molecular weight excluding hydrogens is 641 g/mol. The fraction of sp³-hybridized carbons (Fsp3) is 0.0938. The van der Waals surface area contributed by atoms with Gasteiger partial charge in [0.05, 0.1) is 28.2 Å². The third kappa shape index (κ3) is 5.66. The predicted molar refractivity (Wildman–Crippen MR) is 170 cm³/mol. The minimum Gasteiger partial charge on any atom is -0.490 e. The Hall–Kier alpha value is -4.11. The second kappa shape index (κ2) is 12.0. The van der Waals surface area contributed by atoms with Gasteiger partial charge in [-0.15, -0.1) is 0 Å². The standard InChI is InChI=1S/C32H22BrCl2N3O4/c1-2-40-28-14-19(13-24(33)30(28)41-18-20-7-3-5-9-25(20)35)17-36-38-31(37-26-10-6-4-8-23(26)32(38)39)29-16-21-15-22(34)11-12-27(21)42-29/h3-17H,2,18H2,1H3. The highest BCUT2D eigenvalue weighted by Gasteiger charge is 2.17. The van der Waals surface area contributed by atoms with Crippen LogP contribution in [-0.2, 0) is 6.61 Å². The summed E-state index contributed by atoms with van der Waals surface area (Å²) in [4.78, 5) is 18.4. The van der Waals surface area contributed by atoms with Crippen molar-refractivity contribution in [1.82, 2.24) is 9.66 Å². The zero-order valence-electron chi connectivity index (χ0n) is 22.2. The molecule has 0 bridgehead atoms. The van der Waals surface area contributed by atoms with E-state index in [-0.39, 0.29) is 18.0 Å². The first-order chi connectivity index (χ1) is 20.4. The number of para-hydroxylation sites is 1. The molecule has 0 atom stereocenters. The van der Waals surface area contributed by atoms with Gasteiger partial charge in [0.1, 0.15) is 12.2 Å². The summed E-state index contributed by atoms with van der Waals surface area (Å²) in [6.07, 6.45) is 1.56. The molecule has 0 saturated carbocycles. The lowest BCUT2D eigenvalue weighted by Crippen LogP contribution is -2.20. The molecule has 210 valence electrons. The summed E-state index contributed by atoms with van der Waals surface area (Å²) >= 11 is 16.1. The van der Waals surface area contributed by atoms with Crippen molar-refractivity contribution in [2.75, 3.05) is 6.61 Å². The molecule has 7 nitrogen and oxygen atoms in total. The summed E-state index contributed by atoms with van der Waals surface area (Å²) in [6, 6.07) is 25.3. The minimum absolute atomic E-state index is 0.256. The first-order valence-electron chi connectivity index (χ1n) is 13.0. The Kier molecular flexibility index (Phi) is 8.02. The van der Waals surface area contributed by atoms with Gasteiger partial charge in [-0.2, -0.15) is 9.78 Å². The van der Waals surface area contributed by atoms with Gasteiger partial charge in [-0.25, -0.2) is 4.98 Å². The van der Waals surface area contributed by atoms with Crippen molar-refractivity contribution >= 4 is 67.2 Å².